The zero-order chi connectivity index (χ0) is 29.1. The molecule has 0 unspecified atom stereocenters. The molecule has 42 heavy (non-hydrogen) atoms. The molecule has 3 fully saturated rings. The van der Waals surface area contributed by atoms with E-state index in [0.29, 0.717) is 31.4 Å². The Bertz CT molecular complexity index is 1390. The van der Waals surface area contributed by atoms with Gasteiger partial charge >= 0.3 is 12.0 Å². The Kier molecular flexibility index (Phi) is 8.34. The second kappa shape index (κ2) is 12.5. The first-order valence-electron chi connectivity index (χ1n) is 14.6. The first-order chi connectivity index (χ1) is 20.4. The van der Waals surface area contributed by atoms with Crippen molar-refractivity contribution in [2.45, 2.75) is 50.4 Å². The minimum absolute atomic E-state index is 0.0620. The van der Waals surface area contributed by atoms with Gasteiger partial charge in [-0.05, 0) is 73.2 Å². The van der Waals surface area contributed by atoms with Crippen LogP contribution < -0.4 is 4.74 Å². The Balaban J connectivity index is 1.07. The number of likely N-dealkylation sites (tertiary alicyclic amines) is 1. The lowest BCUT2D eigenvalue weighted by molar-refractivity contribution is 0.0493. The highest BCUT2D eigenvalue weighted by molar-refractivity contribution is 5.87. The predicted molar refractivity (Wildman–Crippen MR) is 153 cm³/mol. The number of rotatable bonds is 8. The van der Waals surface area contributed by atoms with Crippen molar-refractivity contribution in [1.82, 2.24) is 19.7 Å². The van der Waals surface area contributed by atoms with Crippen LogP contribution >= 0.6 is 0 Å². The summed E-state index contributed by atoms with van der Waals surface area (Å²) in [5.74, 6) is -0.305. The van der Waals surface area contributed by atoms with Gasteiger partial charge in [0.2, 0.25) is 5.88 Å². The van der Waals surface area contributed by atoms with Crippen molar-refractivity contribution in [2.24, 2.45) is 0 Å². The Labute approximate surface area is 244 Å². The van der Waals surface area contributed by atoms with E-state index in [-0.39, 0.29) is 35.5 Å². The summed E-state index contributed by atoms with van der Waals surface area (Å²) in [5, 5.41) is 9.05. The van der Waals surface area contributed by atoms with Gasteiger partial charge in [-0.25, -0.2) is 19.0 Å². The van der Waals surface area contributed by atoms with Crippen LogP contribution in [0.2, 0.25) is 0 Å². The fraction of sp³-hybridized carbons (Fsp3) is 0.406. The average Bonchev–Trinajstić information content (AvgIpc) is 3.36. The molecule has 1 atom stereocenters. The molecule has 9 nitrogen and oxygen atoms in total. The maximum absolute atomic E-state index is 14.2. The SMILES string of the molecule is O=C(O)c1ccc(Oc2ccc(CN3CCC(N4C(=O)N(C5CCOCC5)C[C@H]4c4cccc(F)c4)CC3)cn2)cc1. The number of hydrogen-bond acceptors (Lipinski definition) is 6. The number of carbonyl (C=O) groups excluding carboxylic acids is 1. The summed E-state index contributed by atoms with van der Waals surface area (Å²) in [6, 6.07) is 16.8. The smallest absolute Gasteiger partial charge is 0.335 e. The van der Waals surface area contributed by atoms with E-state index < -0.39 is 5.97 Å². The third kappa shape index (κ3) is 6.24. The van der Waals surface area contributed by atoms with E-state index in [1.807, 2.05) is 28.0 Å². The van der Waals surface area contributed by atoms with Crippen molar-refractivity contribution >= 4 is 12.0 Å². The molecule has 2 aromatic carbocycles. The molecule has 3 aromatic rings. The number of benzene rings is 2. The molecule has 4 heterocycles. The molecule has 3 aliphatic heterocycles. The van der Waals surface area contributed by atoms with Gasteiger partial charge in [-0.15, -0.1) is 0 Å². The highest BCUT2D eigenvalue weighted by Gasteiger charge is 2.45. The van der Waals surface area contributed by atoms with Crippen LogP contribution in [0.15, 0.2) is 66.9 Å². The van der Waals surface area contributed by atoms with Gasteiger partial charge in [0.25, 0.3) is 0 Å². The van der Waals surface area contributed by atoms with E-state index >= 15 is 0 Å². The fourth-order valence-corrected chi connectivity index (χ4v) is 6.29. The molecule has 3 aliphatic rings. The number of piperidine rings is 1. The van der Waals surface area contributed by atoms with E-state index in [1.54, 1.807) is 30.5 Å². The van der Waals surface area contributed by atoms with Gasteiger partial charge in [-0.1, -0.05) is 18.2 Å². The van der Waals surface area contributed by atoms with Crippen LogP contribution in [-0.4, -0.2) is 81.7 Å². The molecule has 1 N–H and O–H groups in total. The van der Waals surface area contributed by atoms with Crippen LogP contribution in [0.4, 0.5) is 9.18 Å². The van der Waals surface area contributed by atoms with Gasteiger partial charge in [0, 0.05) is 63.7 Å². The van der Waals surface area contributed by atoms with Crippen molar-refractivity contribution < 1.29 is 28.6 Å². The zero-order valence-corrected chi connectivity index (χ0v) is 23.4. The van der Waals surface area contributed by atoms with Crippen molar-refractivity contribution in [3.8, 4) is 11.6 Å². The third-order valence-corrected chi connectivity index (χ3v) is 8.52. The normalized spacial score (nSPS) is 20.7. The number of hydrogen-bond donors (Lipinski definition) is 1. The Hall–Kier alpha value is -4.02. The zero-order valence-electron chi connectivity index (χ0n) is 23.4. The summed E-state index contributed by atoms with van der Waals surface area (Å²) in [5.41, 5.74) is 2.11. The number of amides is 2. The Morgan fingerprint density at radius 3 is 2.43 bits per heavy atom. The maximum Gasteiger partial charge on any atom is 0.335 e. The van der Waals surface area contributed by atoms with Crippen molar-refractivity contribution in [3.05, 3.63) is 89.4 Å². The van der Waals surface area contributed by atoms with E-state index in [9.17, 15) is 14.0 Å². The van der Waals surface area contributed by atoms with Gasteiger partial charge in [-0.2, -0.15) is 0 Å². The van der Waals surface area contributed by atoms with Crippen LogP contribution in [0, 0.1) is 5.82 Å². The van der Waals surface area contributed by atoms with E-state index in [4.69, 9.17) is 14.6 Å². The maximum atomic E-state index is 14.2. The van der Waals surface area contributed by atoms with Crippen molar-refractivity contribution in [2.75, 3.05) is 32.8 Å². The number of carboxylic acids is 1. The standard InChI is InChI=1S/C32H35FN4O5/c33-25-3-1-2-24(18-25)29-21-36(26-12-16-41-17-13-26)32(40)37(29)27-10-14-35(15-11-27)20-22-4-9-30(34-19-22)42-28-7-5-23(6-8-28)31(38)39/h1-9,18-19,26-27,29H,10-17,20-21H2,(H,38,39)/t29-/m0/s1. The number of nitrogens with zero attached hydrogens (tertiary/aromatic N) is 4. The topological polar surface area (TPSA) is 95.4 Å². The van der Waals surface area contributed by atoms with E-state index in [0.717, 1.165) is 56.4 Å². The molecule has 0 spiro atoms. The highest BCUT2D eigenvalue weighted by Crippen LogP contribution is 2.37. The lowest BCUT2D eigenvalue weighted by Crippen LogP contribution is -2.48. The predicted octanol–water partition coefficient (Wildman–Crippen LogP) is 5.33. The van der Waals surface area contributed by atoms with Crippen LogP contribution in [0.25, 0.3) is 0 Å². The van der Waals surface area contributed by atoms with Crippen LogP contribution in [0.3, 0.4) is 0 Å². The minimum atomic E-state index is -0.983. The van der Waals surface area contributed by atoms with Crippen LogP contribution in [0.1, 0.15) is 53.2 Å². The molecular weight excluding hydrogens is 539 g/mol. The number of ether oxygens (including phenoxy) is 2. The van der Waals surface area contributed by atoms with Crippen LogP contribution in [0.5, 0.6) is 11.6 Å². The van der Waals surface area contributed by atoms with Crippen molar-refractivity contribution in [3.63, 3.8) is 0 Å². The summed E-state index contributed by atoms with van der Waals surface area (Å²) in [6.07, 6.45) is 5.16. The van der Waals surface area contributed by atoms with Gasteiger partial charge in [0.1, 0.15) is 11.6 Å². The molecule has 1 aromatic heterocycles. The number of aromatic carboxylic acids is 1. The third-order valence-electron chi connectivity index (χ3n) is 8.52. The second-order valence-corrected chi connectivity index (χ2v) is 11.2. The highest BCUT2D eigenvalue weighted by atomic mass is 19.1. The summed E-state index contributed by atoms with van der Waals surface area (Å²) in [7, 11) is 0. The number of halogens is 1. The molecule has 6 rings (SSSR count). The second-order valence-electron chi connectivity index (χ2n) is 11.2. The number of aromatic nitrogens is 1. The minimum Gasteiger partial charge on any atom is -0.478 e. The molecule has 0 radical (unpaired) electrons. The Morgan fingerprint density at radius 2 is 1.76 bits per heavy atom. The van der Waals surface area contributed by atoms with E-state index in [1.165, 1.54) is 18.2 Å². The van der Waals surface area contributed by atoms with E-state index in [2.05, 4.69) is 9.88 Å². The largest absolute Gasteiger partial charge is 0.478 e. The first kappa shape index (κ1) is 28.1. The van der Waals surface area contributed by atoms with Gasteiger partial charge in [0.05, 0.1) is 11.6 Å². The van der Waals surface area contributed by atoms with Crippen molar-refractivity contribution in [1.29, 1.82) is 0 Å². The molecule has 0 aliphatic carbocycles. The number of pyridine rings is 1. The van der Waals surface area contributed by atoms with Gasteiger partial charge in [0.15, 0.2) is 0 Å². The quantitative estimate of drug-likeness (QED) is 0.388. The average molecular weight is 575 g/mol. The molecule has 220 valence electrons. The van der Waals surface area contributed by atoms with Gasteiger partial charge in [-0.3, -0.25) is 4.90 Å². The molecule has 2 amide bonds. The lowest BCUT2D eigenvalue weighted by atomic mass is 9.98. The molecular formula is C32H35FN4O5. The number of carboxylic acid groups (broad SMARTS) is 1. The first-order valence-corrected chi connectivity index (χ1v) is 14.6. The molecule has 3 saturated heterocycles. The fourth-order valence-electron chi connectivity index (χ4n) is 6.29. The van der Waals surface area contributed by atoms with Crippen LogP contribution in [-0.2, 0) is 11.3 Å². The number of carbonyl (C=O) groups is 2. The molecule has 0 saturated carbocycles. The Morgan fingerprint density at radius 1 is 1.00 bits per heavy atom. The summed E-state index contributed by atoms with van der Waals surface area (Å²) in [6.45, 7) is 4.34. The summed E-state index contributed by atoms with van der Waals surface area (Å²) in [4.78, 5) is 35.7. The van der Waals surface area contributed by atoms with Gasteiger partial charge < -0.3 is 24.4 Å². The summed E-state index contributed by atoms with van der Waals surface area (Å²) >= 11 is 0. The lowest BCUT2D eigenvalue weighted by Gasteiger charge is -2.39. The monoisotopic (exact) mass is 574 g/mol. The number of urea groups is 1. The molecule has 0 bridgehead atoms. The summed E-state index contributed by atoms with van der Waals surface area (Å²) < 4.78 is 25.5. The molecule has 10 heteroatoms.